The van der Waals surface area contributed by atoms with Gasteiger partial charge in [-0.3, -0.25) is 4.79 Å². The minimum Gasteiger partial charge on any atom is -0.493 e. The average Bonchev–Trinajstić information content (AvgIpc) is 2.37. The Labute approximate surface area is 115 Å². The Hall–Kier alpha value is -1.51. The molecule has 0 heterocycles. The molecule has 0 radical (unpaired) electrons. The molecule has 0 bridgehead atoms. The summed E-state index contributed by atoms with van der Waals surface area (Å²) < 4.78 is 10.7. The summed E-state index contributed by atoms with van der Waals surface area (Å²) in [6.45, 7) is 7.33. The van der Waals surface area contributed by atoms with Crippen LogP contribution >= 0.6 is 0 Å². The van der Waals surface area contributed by atoms with Gasteiger partial charge in [0.1, 0.15) is 5.75 Å². The minimum absolute atomic E-state index is 0.153. The van der Waals surface area contributed by atoms with Crippen molar-refractivity contribution < 1.29 is 14.3 Å². The molecule has 0 fully saturated rings. The SMILES string of the molecule is CCOC(=O)CCc1ccccc1OCCC(C)C. The molecule has 106 valence electrons. The van der Waals surface area contributed by atoms with E-state index in [2.05, 4.69) is 13.8 Å². The molecule has 0 N–H and O–H groups in total. The second-order valence-corrected chi connectivity index (χ2v) is 4.94. The lowest BCUT2D eigenvalue weighted by molar-refractivity contribution is -0.143. The summed E-state index contributed by atoms with van der Waals surface area (Å²) in [5.41, 5.74) is 1.07. The largest absolute Gasteiger partial charge is 0.493 e. The number of hydrogen-bond donors (Lipinski definition) is 0. The van der Waals surface area contributed by atoms with Gasteiger partial charge in [0.2, 0.25) is 0 Å². The van der Waals surface area contributed by atoms with Gasteiger partial charge in [-0.1, -0.05) is 32.0 Å². The zero-order valence-electron chi connectivity index (χ0n) is 12.1. The van der Waals surface area contributed by atoms with Gasteiger partial charge in [0.15, 0.2) is 0 Å². The van der Waals surface area contributed by atoms with E-state index < -0.39 is 0 Å². The van der Waals surface area contributed by atoms with Gasteiger partial charge in [-0.15, -0.1) is 0 Å². The van der Waals surface area contributed by atoms with Gasteiger partial charge < -0.3 is 9.47 Å². The lowest BCUT2D eigenvalue weighted by Gasteiger charge is -2.12. The van der Waals surface area contributed by atoms with Gasteiger partial charge in [-0.25, -0.2) is 0 Å². The van der Waals surface area contributed by atoms with Crippen LogP contribution in [0.1, 0.15) is 39.2 Å². The van der Waals surface area contributed by atoms with Crippen LogP contribution in [0.3, 0.4) is 0 Å². The molecule has 1 aromatic rings. The molecule has 3 heteroatoms. The van der Waals surface area contributed by atoms with Crippen LogP contribution in [0, 0.1) is 5.92 Å². The molecule has 1 rings (SSSR count). The molecule has 1 aromatic carbocycles. The number of benzene rings is 1. The van der Waals surface area contributed by atoms with Gasteiger partial charge >= 0.3 is 5.97 Å². The number of esters is 1. The first kappa shape index (κ1) is 15.5. The number of para-hydroxylation sites is 1. The molecular weight excluding hydrogens is 240 g/mol. The smallest absolute Gasteiger partial charge is 0.306 e. The van der Waals surface area contributed by atoms with Crippen molar-refractivity contribution >= 4 is 5.97 Å². The van der Waals surface area contributed by atoms with Gasteiger partial charge in [0.25, 0.3) is 0 Å². The van der Waals surface area contributed by atoms with Crippen LogP contribution in [0.25, 0.3) is 0 Å². The first-order chi connectivity index (χ1) is 9.13. The maximum atomic E-state index is 11.4. The lowest BCUT2D eigenvalue weighted by atomic mass is 10.1. The number of carbonyl (C=O) groups excluding carboxylic acids is 1. The van der Waals surface area contributed by atoms with Crippen molar-refractivity contribution in [3.05, 3.63) is 29.8 Å². The summed E-state index contributed by atoms with van der Waals surface area (Å²) >= 11 is 0. The number of hydrogen-bond acceptors (Lipinski definition) is 3. The number of rotatable bonds is 8. The van der Waals surface area contributed by atoms with E-state index in [9.17, 15) is 4.79 Å². The summed E-state index contributed by atoms with van der Waals surface area (Å²) in [6.07, 6.45) is 2.10. The van der Waals surface area contributed by atoms with Crippen LogP contribution in [0.5, 0.6) is 5.75 Å². The fraction of sp³-hybridized carbons (Fsp3) is 0.562. The molecule has 0 unspecified atom stereocenters. The first-order valence-electron chi connectivity index (χ1n) is 6.99. The quantitative estimate of drug-likeness (QED) is 0.673. The van der Waals surface area contributed by atoms with Crippen LogP contribution in [-0.4, -0.2) is 19.2 Å². The van der Waals surface area contributed by atoms with Crippen molar-refractivity contribution in [2.24, 2.45) is 5.92 Å². The highest BCUT2D eigenvalue weighted by atomic mass is 16.5. The predicted octanol–water partition coefficient (Wildman–Crippen LogP) is 3.61. The molecule has 0 aliphatic carbocycles. The molecule has 0 saturated carbocycles. The Morgan fingerprint density at radius 3 is 2.68 bits per heavy atom. The highest BCUT2D eigenvalue weighted by Crippen LogP contribution is 2.20. The Balaban J connectivity index is 2.50. The van der Waals surface area contributed by atoms with Gasteiger partial charge in [-0.2, -0.15) is 0 Å². The van der Waals surface area contributed by atoms with Crippen molar-refractivity contribution in [2.45, 2.75) is 40.0 Å². The molecule has 0 aliphatic rings. The second kappa shape index (κ2) is 8.57. The van der Waals surface area contributed by atoms with Crippen LogP contribution in [0.4, 0.5) is 0 Å². The maximum Gasteiger partial charge on any atom is 0.306 e. The van der Waals surface area contributed by atoms with Crippen molar-refractivity contribution in [3.63, 3.8) is 0 Å². The highest BCUT2D eigenvalue weighted by molar-refractivity contribution is 5.69. The van der Waals surface area contributed by atoms with E-state index in [1.54, 1.807) is 0 Å². The lowest BCUT2D eigenvalue weighted by Crippen LogP contribution is -2.07. The summed E-state index contributed by atoms with van der Waals surface area (Å²) in [7, 11) is 0. The van der Waals surface area contributed by atoms with Crippen molar-refractivity contribution in [1.82, 2.24) is 0 Å². The third kappa shape index (κ3) is 6.27. The monoisotopic (exact) mass is 264 g/mol. The Bertz CT molecular complexity index is 385. The van der Waals surface area contributed by atoms with E-state index in [0.29, 0.717) is 32.0 Å². The molecule has 0 atom stereocenters. The van der Waals surface area contributed by atoms with E-state index in [1.165, 1.54) is 0 Å². The molecule has 19 heavy (non-hydrogen) atoms. The summed E-state index contributed by atoms with van der Waals surface area (Å²) in [6, 6.07) is 7.89. The zero-order chi connectivity index (χ0) is 14.1. The van der Waals surface area contributed by atoms with Crippen LogP contribution in [0.15, 0.2) is 24.3 Å². The first-order valence-corrected chi connectivity index (χ1v) is 6.99. The molecule has 0 saturated heterocycles. The number of aryl methyl sites for hydroxylation is 1. The molecule has 0 aliphatic heterocycles. The molecule has 0 spiro atoms. The number of carbonyl (C=O) groups is 1. The van der Waals surface area contributed by atoms with E-state index in [1.807, 2.05) is 31.2 Å². The van der Waals surface area contributed by atoms with E-state index in [0.717, 1.165) is 17.7 Å². The fourth-order valence-corrected chi connectivity index (χ4v) is 1.73. The molecule has 0 aromatic heterocycles. The Kier molecular flexibility index (Phi) is 7.01. The maximum absolute atomic E-state index is 11.4. The molecule has 0 amide bonds. The zero-order valence-corrected chi connectivity index (χ0v) is 12.1. The van der Waals surface area contributed by atoms with Gasteiger partial charge in [0.05, 0.1) is 13.2 Å². The predicted molar refractivity (Wildman–Crippen MR) is 76.3 cm³/mol. The third-order valence-corrected chi connectivity index (χ3v) is 2.83. The van der Waals surface area contributed by atoms with Crippen LogP contribution in [-0.2, 0) is 16.0 Å². The minimum atomic E-state index is -0.153. The van der Waals surface area contributed by atoms with Crippen molar-refractivity contribution in [1.29, 1.82) is 0 Å². The van der Waals surface area contributed by atoms with Crippen LogP contribution < -0.4 is 4.74 Å². The fourth-order valence-electron chi connectivity index (χ4n) is 1.73. The Morgan fingerprint density at radius 2 is 2.00 bits per heavy atom. The second-order valence-electron chi connectivity index (χ2n) is 4.94. The summed E-state index contributed by atoms with van der Waals surface area (Å²) in [5, 5.41) is 0. The standard InChI is InChI=1S/C16H24O3/c1-4-18-16(17)10-9-14-7-5-6-8-15(14)19-12-11-13(2)3/h5-8,13H,4,9-12H2,1-3H3. The Morgan fingerprint density at radius 1 is 1.26 bits per heavy atom. The van der Waals surface area contributed by atoms with Gasteiger partial charge in [0, 0.05) is 6.42 Å². The van der Waals surface area contributed by atoms with E-state index in [4.69, 9.17) is 9.47 Å². The van der Waals surface area contributed by atoms with Crippen molar-refractivity contribution in [2.75, 3.05) is 13.2 Å². The van der Waals surface area contributed by atoms with Gasteiger partial charge in [-0.05, 0) is 37.3 Å². The average molecular weight is 264 g/mol. The summed E-state index contributed by atoms with van der Waals surface area (Å²) in [5.74, 6) is 1.36. The van der Waals surface area contributed by atoms with Crippen LogP contribution in [0.2, 0.25) is 0 Å². The normalized spacial score (nSPS) is 10.5. The summed E-state index contributed by atoms with van der Waals surface area (Å²) in [4.78, 5) is 11.4. The van der Waals surface area contributed by atoms with E-state index in [-0.39, 0.29) is 5.97 Å². The topological polar surface area (TPSA) is 35.5 Å². The highest BCUT2D eigenvalue weighted by Gasteiger charge is 2.07. The molecule has 3 nitrogen and oxygen atoms in total. The third-order valence-electron chi connectivity index (χ3n) is 2.83. The molecular formula is C16H24O3. The number of ether oxygens (including phenoxy) is 2. The van der Waals surface area contributed by atoms with E-state index >= 15 is 0 Å². The van der Waals surface area contributed by atoms with Crippen molar-refractivity contribution in [3.8, 4) is 5.75 Å².